The van der Waals surface area contributed by atoms with Crippen LogP contribution in [-0.4, -0.2) is 46.5 Å². The number of carbonyl (C=O) groups excluding carboxylic acids is 1. The second kappa shape index (κ2) is 9.22. The molecule has 1 aromatic carbocycles. The Morgan fingerprint density at radius 1 is 1.17 bits per heavy atom. The van der Waals surface area contributed by atoms with Gasteiger partial charge in [0.2, 0.25) is 0 Å². The molecule has 0 saturated carbocycles. The van der Waals surface area contributed by atoms with Gasteiger partial charge < -0.3 is 15.0 Å². The molecule has 0 spiro atoms. The van der Waals surface area contributed by atoms with Gasteiger partial charge in [-0.15, -0.1) is 0 Å². The predicted octanol–water partition coefficient (Wildman–Crippen LogP) is 4.27. The lowest BCUT2D eigenvalue weighted by molar-refractivity contribution is 0.0917. The Kier molecular flexibility index (Phi) is 6.23. The summed E-state index contributed by atoms with van der Waals surface area (Å²) in [5.41, 5.74) is 0.369. The highest BCUT2D eigenvalue weighted by Crippen LogP contribution is 2.25. The number of piperidine rings is 1. The van der Waals surface area contributed by atoms with Crippen LogP contribution in [0.15, 0.2) is 55.0 Å². The Morgan fingerprint density at radius 3 is 2.90 bits per heavy atom. The Hall–Kier alpha value is -2.99. The van der Waals surface area contributed by atoms with Crippen LogP contribution in [0.1, 0.15) is 37.2 Å². The normalized spacial score (nSPS) is 17.2. The highest BCUT2D eigenvalue weighted by Gasteiger charge is 2.22. The molecule has 1 fully saturated rings. The summed E-state index contributed by atoms with van der Waals surface area (Å²) in [7, 11) is 0. The first-order valence-electron chi connectivity index (χ1n) is 10.6. The highest BCUT2D eigenvalue weighted by molar-refractivity contribution is 5.92. The molecule has 0 aliphatic carbocycles. The average molecular weight is 405 g/mol. The number of fused-ring (bicyclic) bond motifs is 1. The van der Waals surface area contributed by atoms with Crippen molar-refractivity contribution in [1.82, 2.24) is 20.2 Å². The number of likely N-dealkylation sites (tertiary alicyclic amines) is 1. The first-order chi connectivity index (χ1) is 14.6. The summed E-state index contributed by atoms with van der Waals surface area (Å²) < 4.78 is 5.97. The number of benzene rings is 1. The molecule has 1 N–H and O–H groups in total. The van der Waals surface area contributed by atoms with Crippen LogP contribution in [0.25, 0.3) is 10.8 Å². The second-order valence-electron chi connectivity index (χ2n) is 8.17. The number of carbonyl (C=O) groups is 1. The summed E-state index contributed by atoms with van der Waals surface area (Å²) in [6.07, 6.45) is 7.52. The maximum absolute atomic E-state index is 12.6. The van der Waals surface area contributed by atoms with E-state index in [2.05, 4.69) is 34.0 Å². The van der Waals surface area contributed by atoms with E-state index < -0.39 is 0 Å². The van der Waals surface area contributed by atoms with E-state index in [-0.39, 0.29) is 5.91 Å². The minimum Gasteiger partial charge on any atom is -0.457 e. The number of aromatic nitrogens is 2. The average Bonchev–Trinajstić information content (AvgIpc) is 2.78. The maximum atomic E-state index is 12.6. The molecule has 156 valence electrons. The molecule has 3 heterocycles. The smallest absolute Gasteiger partial charge is 0.270 e. The predicted molar refractivity (Wildman–Crippen MR) is 118 cm³/mol. The molecular formula is C24H28N4O2. The van der Waals surface area contributed by atoms with E-state index in [4.69, 9.17) is 4.74 Å². The van der Waals surface area contributed by atoms with Crippen LogP contribution in [0.2, 0.25) is 0 Å². The molecule has 2 aromatic heterocycles. The number of amides is 1. The lowest BCUT2D eigenvalue weighted by Crippen LogP contribution is -2.43. The van der Waals surface area contributed by atoms with Crippen molar-refractivity contribution < 1.29 is 9.53 Å². The Balaban J connectivity index is 1.38. The molecular weight excluding hydrogens is 376 g/mol. The van der Waals surface area contributed by atoms with Gasteiger partial charge in [0.15, 0.2) is 0 Å². The van der Waals surface area contributed by atoms with Crippen LogP contribution in [0.3, 0.4) is 0 Å². The summed E-state index contributed by atoms with van der Waals surface area (Å²) in [5.74, 6) is 1.62. The maximum Gasteiger partial charge on any atom is 0.270 e. The van der Waals surface area contributed by atoms with Gasteiger partial charge in [0.05, 0.1) is 0 Å². The minimum absolute atomic E-state index is 0.160. The van der Waals surface area contributed by atoms with Crippen LogP contribution in [0.5, 0.6) is 11.5 Å². The number of hydrogen-bond donors (Lipinski definition) is 1. The topological polar surface area (TPSA) is 67.4 Å². The molecule has 1 saturated heterocycles. The fourth-order valence-corrected chi connectivity index (χ4v) is 3.92. The number of pyridine rings is 2. The second-order valence-corrected chi connectivity index (χ2v) is 8.17. The highest BCUT2D eigenvalue weighted by atomic mass is 16.5. The summed E-state index contributed by atoms with van der Waals surface area (Å²) >= 11 is 0. The molecule has 1 aliphatic rings. The van der Waals surface area contributed by atoms with Gasteiger partial charge >= 0.3 is 0 Å². The van der Waals surface area contributed by atoms with Crippen molar-refractivity contribution in [2.75, 3.05) is 19.6 Å². The summed E-state index contributed by atoms with van der Waals surface area (Å²) in [6, 6.07) is 11.8. The molecule has 0 bridgehead atoms. The number of ether oxygens (including phenoxy) is 1. The third kappa shape index (κ3) is 4.94. The van der Waals surface area contributed by atoms with E-state index in [0.717, 1.165) is 30.3 Å². The monoisotopic (exact) mass is 404 g/mol. The van der Waals surface area contributed by atoms with Gasteiger partial charge in [-0.3, -0.25) is 14.8 Å². The van der Waals surface area contributed by atoms with E-state index in [1.807, 2.05) is 30.5 Å². The van der Waals surface area contributed by atoms with Crippen LogP contribution < -0.4 is 10.1 Å². The van der Waals surface area contributed by atoms with Crippen molar-refractivity contribution in [2.45, 2.75) is 32.7 Å². The number of hydrogen-bond acceptors (Lipinski definition) is 5. The van der Waals surface area contributed by atoms with Gasteiger partial charge in [-0.05, 0) is 74.9 Å². The first kappa shape index (κ1) is 20.3. The first-order valence-corrected chi connectivity index (χ1v) is 10.6. The standard InChI is InChI=1S/C24H28N4O2/c1-17(2)28-11-3-4-18(16-28)14-27-24(29)23-13-22(8-10-26-23)30-21-6-5-20-15-25-9-7-19(20)12-21/h5-10,12-13,15,17-18H,3-4,11,14,16H2,1-2H3,(H,27,29)/t18-/m1/s1. The van der Waals surface area contributed by atoms with Gasteiger partial charge in [0.25, 0.3) is 5.91 Å². The van der Waals surface area contributed by atoms with Crippen LogP contribution in [-0.2, 0) is 0 Å². The van der Waals surface area contributed by atoms with Gasteiger partial charge in [-0.25, -0.2) is 0 Å². The van der Waals surface area contributed by atoms with Crippen molar-refractivity contribution >= 4 is 16.7 Å². The van der Waals surface area contributed by atoms with Gasteiger partial charge in [0, 0.05) is 49.2 Å². The molecule has 1 amide bonds. The van der Waals surface area contributed by atoms with Crippen LogP contribution in [0.4, 0.5) is 0 Å². The number of nitrogens with one attached hydrogen (secondary N) is 1. The summed E-state index contributed by atoms with van der Waals surface area (Å²) in [5, 5.41) is 5.16. The van der Waals surface area contributed by atoms with Crippen molar-refractivity contribution in [1.29, 1.82) is 0 Å². The molecule has 4 rings (SSSR count). The van der Waals surface area contributed by atoms with Crippen molar-refractivity contribution in [2.24, 2.45) is 5.92 Å². The SMILES string of the molecule is CC(C)N1CCC[C@H](CNC(=O)c2cc(Oc3ccc4cnccc4c3)ccn2)C1. The van der Waals surface area contributed by atoms with Gasteiger partial charge in [0.1, 0.15) is 17.2 Å². The molecule has 0 unspecified atom stereocenters. The van der Waals surface area contributed by atoms with E-state index in [0.29, 0.717) is 35.7 Å². The van der Waals surface area contributed by atoms with E-state index in [9.17, 15) is 4.79 Å². The lowest BCUT2D eigenvalue weighted by Gasteiger charge is -2.35. The zero-order valence-electron chi connectivity index (χ0n) is 17.5. The van der Waals surface area contributed by atoms with Gasteiger partial charge in [-0.1, -0.05) is 0 Å². The Morgan fingerprint density at radius 2 is 2.03 bits per heavy atom. The summed E-state index contributed by atoms with van der Waals surface area (Å²) in [6.45, 7) is 7.31. The molecule has 0 radical (unpaired) electrons. The fraction of sp³-hybridized carbons (Fsp3) is 0.375. The molecule has 1 aliphatic heterocycles. The molecule has 30 heavy (non-hydrogen) atoms. The van der Waals surface area contributed by atoms with Crippen molar-refractivity contribution in [3.05, 3.63) is 60.7 Å². The van der Waals surface area contributed by atoms with Gasteiger partial charge in [-0.2, -0.15) is 0 Å². The summed E-state index contributed by atoms with van der Waals surface area (Å²) in [4.78, 5) is 23.5. The van der Waals surface area contributed by atoms with E-state index in [1.54, 1.807) is 24.5 Å². The van der Waals surface area contributed by atoms with E-state index >= 15 is 0 Å². The molecule has 6 heteroatoms. The lowest BCUT2D eigenvalue weighted by atomic mass is 9.97. The van der Waals surface area contributed by atoms with Crippen molar-refractivity contribution in [3.63, 3.8) is 0 Å². The Labute approximate surface area is 177 Å². The molecule has 6 nitrogen and oxygen atoms in total. The van der Waals surface area contributed by atoms with Crippen LogP contribution >= 0.6 is 0 Å². The Bertz CT molecular complexity index is 1020. The minimum atomic E-state index is -0.160. The third-order valence-corrected chi connectivity index (χ3v) is 5.64. The zero-order valence-corrected chi connectivity index (χ0v) is 17.5. The largest absolute Gasteiger partial charge is 0.457 e. The molecule has 1 atom stereocenters. The molecule has 3 aromatic rings. The van der Waals surface area contributed by atoms with E-state index in [1.165, 1.54) is 6.42 Å². The third-order valence-electron chi connectivity index (χ3n) is 5.64. The van der Waals surface area contributed by atoms with Crippen LogP contribution in [0, 0.1) is 5.92 Å². The quantitative estimate of drug-likeness (QED) is 0.664. The fourth-order valence-electron chi connectivity index (χ4n) is 3.92. The van der Waals surface area contributed by atoms with Crippen molar-refractivity contribution in [3.8, 4) is 11.5 Å². The number of nitrogens with zero attached hydrogens (tertiary/aromatic N) is 3. The zero-order chi connectivity index (χ0) is 20.9. The number of rotatable bonds is 6.